The lowest BCUT2D eigenvalue weighted by molar-refractivity contribution is -0.116. The van der Waals surface area contributed by atoms with Crippen LogP contribution < -0.4 is 10.1 Å². The minimum atomic E-state index is -0.970. The number of rotatable bonds is 4. The van der Waals surface area contributed by atoms with Gasteiger partial charge in [-0.2, -0.15) is 0 Å². The molecule has 22 heavy (non-hydrogen) atoms. The first kappa shape index (κ1) is 14.5. The number of ether oxygens (including phenoxy) is 1. The van der Waals surface area contributed by atoms with Crippen LogP contribution in [-0.4, -0.2) is 17.6 Å². The highest BCUT2D eigenvalue weighted by atomic mass is 19.1. The maximum Gasteiger partial charge on any atom is 0.231 e. The third kappa shape index (κ3) is 2.67. The van der Waals surface area contributed by atoms with Gasteiger partial charge in [-0.25, -0.2) is 4.39 Å². The second-order valence-electron chi connectivity index (χ2n) is 5.32. The maximum absolute atomic E-state index is 14.1. The van der Waals surface area contributed by atoms with E-state index in [4.69, 9.17) is 4.74 Å². The van der Waals surface area contributed by atoms with Gasteiger partial charge in [-0.15, -0.1) is 0 Å². The van der Waals surface area contributed by atoms with Gasteiger partial charge in [0.2, 0.25) is 5.91 Å². The van der Waals surface area contributed by atoms with Crippen molar-refractivity contribution in [3.05, 3.63) is 59.4 Å². The summed E-state index contributed by atoms with van der Waals surface area (Å²) in [6.07, 6.45) is -0.970. The van der Waals surface area contributed by atoms with Crippen molar-refractivity contribution >= 4 is 11.6 Å². The number of hydrogen-bond donors (Lipinski definition) is 2. The van der Waals surface area contributed by atoms with E-state index in [1.54, 1.807) is 25.1 Å². The maximum atomic E-state index is 14.1. The van der Waals surface area contributed by atoms with Gasteiger partial charge in [0.15, 0.2) is 0 Å². The van der Waals surface area contributed by atoms with Crippen LogP contribution in [0.15, 0.2) is 42.5 Å². The number of anilines is 1. The molecule has 0 saturated heterocycles. The lowest BCUT2D eigenvalue weighted by atomic mass is 9.98. The summed E-state index contributed by atoms with van der Waals surface area (Å²) in [7, 11) is 0. The molecule has 1 heterocycles. The average Bonchev–Trinajstić information content (AvgIpc) is 2.82. The predicted molar refractivity (Wildman–Crippen MR) is 80.3 cm³/mol. The Hall–Kier alpha value is -2.40. The zero-order valence-electron chi connectivity index (χ0n) is 12.0. The Morgan fingerprint density at radius 3 is 2.77 bits per heavy atom. The monoisotopic (exact) mass is 301 g/mol. The normalized spacial score (nSPS) is 17.8. The molecular formula is C17H16FNO3. The molecule has 5 heteroatoms. The molecule has 1 amide bonds. The molecule has 0 saturated carbocycles. The number of halogens is 1. The molecule has 3 rings (SSSR count). The van der Waals surface area contributed by atoms with Crippen LogP contribution in [0.25, 0.3) is 0 Å². The fourth-order valence-corrected chi connectivity index (χ4v) is 2.48. The SMILES string of the molecule is CC1C(=O)Nc2c(F)cc(C(O)COc3ccccc3)cc21. The van der Waals surface area contributed by atoms with E-state index in [0.29, 0.717) is 16.9 Å². The molecule has 0 aromatic heterocycles. The third-order valence-electron chi connectivity index (χ3n) is 3.79. The molecule has 114 valence electrons. The van der Waals surface area contributed by atoms with E-state index in [0.717, 1.165) is 0 Å². The number of aliphatic hydroxyl groups is 1. The highest BCUT2D eigenvalue weighted by molar-refractivity contribution is 6.02. The van der Waals surface area contributed by atoms with E-state index in [1.807, 2.05) is 18.2 Å². The topological polar surface area (TPSA) is 58.6 Å². The minimum Gasteiger partial charge on any atom is -0.491 e. The standard InChI is InChI=1S/C17H16FNO3/c1-10-13-7-11(8-14(18)16(13)19-17(10)21)15(20)9-22-12-5-3-2-4-6-12/h2-8,10,15,20H,9H2,1H3,(H,19,21). The van der Waals surface area contributed by atoms with E-state index in [-0.39, 0.29) is 18.2 Å². The Morgan fingerprint density at radius 1 is 1.32 bits per heavy atom. The number of carbonyl (C=O) groups excluding carboxylic acids is 1. The lowest BCUT2D eigenvalue weighted by Gasteiger charge is -2.14. The Balaban J connectivity index is 1.78. The lowest BCUT2D eigenvalue weighted by Crippen LogP contribution is -2.10. The molecule has 0 spiro atoms. The van der Waals surface area contributed by atoms with Crippen molar-refractivity contribution in [3.63, 3.8) is 0 Å². The first-order valence-corrected chi connectivity index (χ1v) is 7.06. The second kappa shape index (κ2) is 5.77. The molecule has 0 bridgehead atoms. The number of nitrogens with one attached hydrogen (secondary N) is 1. The highest BCUT2D eigenvalue weighted by Crippen LogP contribution is 2.36. The van der Waals surface area contributed by atoms with E-state index in [9.17, 15) is 14.3 Å². The third-order valence-corrected chi connectivity index (χ3v) is 3.79. The molecule has 2 unspecified atom stereocenters. The Labute approximate surface area is 127 Å². The summed E-state index contributed by atoms with van der Waals surface area (Å²) < 4.78 is 19.5. The van der Waals surface area contributed by atoms with Crippen LogP contribution >= 0.6 is 0 Å². The van der Waals surface area contributed by atoms with Gasteiger partial charge in [-0.3, -0.25) is 4.79 Å². The van der Waals surface area contributed by atoms with Gasteiger partial charge < -0.3 is 15.2 Å². The van der Waals surface area contributed by atoms with Crippen LogP contribution in [0.2, 0.25) is 0 Å². The summed E-state index contributed by atoms with van der Waals surface area (Å²) in [5.41, 5.74) is 1.17. The molecular weight excluding hydrogens is 285 g/mol. The Morgan fingerprint density at radius 2 is 2.05 bits per heavy atom. The van der Waals surface area contributed by atoms with Crippen LogP contribution in [0, 0.1) is 5.82 Å². The fraction of sp³-hybridized carbons (Fsp3) is 0.235. The van der Waals surface area contributed by atoms with Gasteiger partial charge in [-0.05, 0) is 36.2 Å². The largest absolute Gasteiger partial charge is 0.491 e. The Bertz CT molecular complexity index is 703. The molecule has 2 N–H and O–H groups in total. The fourth-order valence-electron chi connectivity index (χ4n) is 2.48. The second-order valence-corrected chi connectivity index (χ2v) is 5.32. The van der Waals surface area contributed by atoms with Gasteiger partial charge >= 0.3 is 0 Å². The number of amides is 1. The molecule has 4 nitrogen and oxygen atoms in total. The molecule has 1 aliphatic heterocycles. The zero-order chi connectivity index (χ0) is 15.7. The number of fused-ring (bicyclic) bond motifs is 1. The van der Waals surface area contributed by atoms with Crippen molar-refractivity contribution in [2.75, 3.05) is 11.9 Å². The summed E-state index contributed by atoms with van der Waals surface area (Å²) in [4.78, 5) is 11.6. The van der Waals surface area contributed by atoms with Crippen LogP contribution in [0.1, 0.15) is 30.1 Å². The molecule has 0 aliphatic carbocycles. The van der Waals surface area contributed by atoms with Crippen molar-refractivity contribution in [2.24, 2.45) is 0 Å². The summed E-state index contributed by atoms with van der Waals surface area (Å²) >= 11 is 0. The van der Waals surface area contributed by atoms with E-state index >= 15 is 0 Å². The molecule has 0 fully saturated rings. The van der Waals surface area contributed by atoms with Gasteiger partial charge in [0.05, 0.1) is 11.6 Å². The quantitative estimate of drug-likeness (QED) is 0.912. The predicted octanol–water partition coefficient (Wildman–Crippen LogP) is 2.99. The molecule has 2 aromatic rings. The molecule has 0 radical (unpaired) electrons. The molecule has 1 aliphatic rings. The first-order chi connectivity index (χ1) is 10.6. The van der Waals surface area contributed by atoms with Crippen LogP contribution in [0.4, 0.5) is 10.1 Å². The first-order valence-electron chi connectivity index (χ1n) is 7.06. The number of benzene rings is 2. The summed E-state index contributed by atoms with van der Waals surface area (Å²) in [5, 5.41) is 12.7. The number of aliphatic hydroxyl groups excluding tert-OH is 1. The van der Waals surface area contributed by atoms with Gasteiger partial charge in [0.1, 0.15) is 24.3 Å². The van der Waals surface area contributed by atoms with Crippen molar-refractivity contribution < 1.29 is 19.0 Å². The highest BCUT2D eigenvalue weighted by Gasteiger charge is 2.30. The molecule has 2 atom stereocenters. The van der Waals surface area contributed by atoms with Gasteiger partial charge in [0.25, 0.3) is 0 Å². The summed E-state index contributed by atoms with van der Waals surface area (Å²) in [5.74, 6) is -0.565. The summed E-state index contributed by atoms with van der Waals surface area (Å²) in [6.45, 7) is 1.72. The number of para-hydroxylation sites is 1. The van der Waals surface area contributed by atoms with Gasteiger partial charge in [0, 0.05) is 0 Å². The zero-order valence-corrected chi connectivity index (χ0v) is 12.0. The van der Waals surface area contributed by atoms with Crippen LogP contribution in [-0.2, 0) is 4.79 Å². The minimum absolute atomic E-state index is 0.0119. The summed E-state index contributed by atoms with van der Waals surface area (Å²) in [6, 6.07) is 12.0. The number of hydrogen-bond acceptors (Lipinski definition) is 3. The van der Waals surface area contributed by atoms with Crippen molar-refractivity contribution in [1.82, 2.24) is 0 Å². The van der Waals surface area contributed by atoms with E-state index in [2.05, 4.69) is 5.32 Å². The number of carbonyl (C=O) groups is 1. The van der Waals surface area contributed by atoms with Crippen LogP contribution in [0.3, 0.4) is 0 Å². The van der Waals surface area contributed by atoms with Crippen molar-refractivity contribution in [1.29, 1.82) is 0 Å². The van der Waals surface area contributed by atoms with Gasteiger partial charge in [-0.1, -0.05) is 24.3 Å². The van der Waals surface area contributed by atoms with E-state index in [1.165, 1.54) is 6.07 Å². The van der Waals surface area contributed by atoms with Crippen molar-refractivity contribution in [2.45, 2.75) is 18.9 Å². The van der Waals surface area contributed by atoms with Crippen LogP contribution in [0.5, 0.6) is 5.75 Å². The smallest absolute Gasteiger partial charge is 0.231 e. The van der Waals surface area contributed by atoms with E-state index < -0.39 is 17.8 Å². The molecule has 2 aromatic carbocycles. The average molecular weight is 301 g/mol. The van der Waals surface area contributed by atoms with Crippen molar-refractivity contribution in [3.8, 4) is 5.75 Å². The Kier molecular flexibility index (Phi) is 3.81.